The lowest BCUT2D eigenvalue weighted by molar-refractivity contribution is -0.119. The maximum absolute atomic E-state index is 11.9. The predicted octanol–water partition coefficient (Wildman–Crippen LogP) is 2.40. The lowest BCUT2D eigenvalue weighted by Crippen LogP contribution is -2.13. The molecule has 2 rings (SSSR count). The van der Waals surface area contributed by atoms with Crippen LogP contribution in [0.5, 0.6) is 0 Å². The van der Waals surface area contributed by atoms with Gasteiger partial charge in [0, 0.05) is 37.8 Å². The van der Waals surface area contributed by atoms with E-state index in [0.29, 0.717) is 19.3 Å². The van der Waals surface area contributed by atoms with E-state index in [1.54, 1.807) is 6.20 Å². The number of benzene rings is 1. The molecule has 1 aromatic carbocycles. The Morgan fingerprint density at radius 3 is 2.65 bits per heavy atom. The Balaban J connectivity index is 1.74. The molecule has 1 atom stereocenters. The maximum atomic E-state index is 11.9. The Hall–Kier alpha value is -1.94. The first-order valence-electron chi connectivity index (χ1n) is 6.96. The molecule has 0 amide bonds. The van der Waals surface area contributed by atoms with Crippen molar-refractivity contribution in [3.63, 3.8) is 0 Å². The van der Waals surface area contributed by atoms with Crippen molar-refractivity contribution >= 4 is 5.78 Å². The molecule has 1 unspecified atom stereocenters. The van der Waals surface area contributed by atoms with E-state index in [4.69, 9.17) is 5.73 Å². The lowest BCUT2D eigenvalue weighted by atomic mass is 10.00. The second-order valence-electron chi connectivity index (χ2n) is 5.04. The van der Waals surface area contributed by atoms with Crippen LogP contribution >= 0.6 is 0 Å². The number of carbonyl (C=O) groups is 1. The fourth-order valence-electron chi connectivity index (χ4n) is 2.22. The third-order valence-corrected chi connectivity index (χ3v) is 3.54. The van der Waals surface area contributed by atoms with Gasteiger partial charge in [0.25, 0.3) is 0 Å². The van der Waals surface area contributed by atoms with Gasteiger partial charge in [-0.25, -0.2) is 0 Å². The smallest absolute Gasteiger partial charge is 0.133 e. The summed E-state index contributed by atoms with van der Waals surface area (Å²) in [6.45, 7) is 0. The predicted molar refractivity (Wildman–Crippen MR) is 79.1 cm³/mol. The van der Waals surface area contributed by atoms with Gasteiger partial charge in [0.2, 0.25) is 0 Å². The van der Waals surface area contributed by atoms with E-state index in [2.05, 4.69) is 5.10 Å². The largest absolute Gasteiger partial charge is 0.324 e. The number of carbonyl (C=O) groups excluding carboxylic acids is 1. The molecule has 0 saturated carbocycles. The fraction of sp³-hybridized carbons (Fsp3) is 0.375. The van der Waals surface area contributed by atoms with Crippen LogP contribution in [0.3, 0.4) is 0 Å². The third kappa shape index (κ3) is 4.03. The van der Waals surface area contributed by atoms with Crippen LogP contribution in [0.15, 0.2) is 42.6 Å². The van der Waals surface area contributed by atoms with E-state index in [1.165, 1.54) is 0 Å². The van der Waals surface area contributed by atoms with E-state index < -0.39 is 0 Å². The van der Waals surface area contributed by atoms with E-state index in [0.717, 1.165) is 17.7 Å². The minimum absolute atomic E-state index is 0.0585. The second kappa shape index (κ2) is 7.01. The average molecular weight is 271 g/mol. The number of hydrogen-bond acceptors (Lipinski definition) is 3. The zero-order valence-corrected chi connectivity index (χ0v) is 11.8. The average Bonchev–Trinajstić information content (AvgIpc) is 2.89. The Morgan fingerprint density at radius 2 is 2.00 bits per heavy atom. The van der Waals surface area contributed by atoms with Crippen molar-refractivity contribution in [1.82, 2.24) is 9.78 Å². The van der Waals surface area contributed by atoms with Crippen LogP contribution in [0.1, 0.15) is 36.6 Å². The van der Waals surface area contributed by atoms with Crippen LogP contribution in [0.2, 0.25) is 0 Å². The molecule has 2 N–H and O–H groups in total. The van der Waals surface area contributed by atoms with E-state index in [9.17, 15) is 4.79 Å². The summed E-state index contributed by atoms with van der Waals surface area (Å²) in [5, 5.41) is 4.09. The van der Waals surface area contributed by atoms with Crippen LogP contribution < -0.4 is 5.73 Å². The molecular weight excluding hydrogens is 250 g/mol. The zero-order chi connectivity index (χ0) is 14.4. The molecule has 0 aliphatic rings. The highest BCUT2D eigenvalue weighted by atomic mass is 16.1. The van der Waals surface area contributed by atoms with Crippen LogP contribution in [0, 0.1) is 0 Å². The van der Waals surface area contributed by atoms with Gasteiger partial charge in [0.15, 0.2) is 0 Å². The Bertz CT molecular complexity index is 548. The van der Waals surface area contributed by atoms with E-state index in [1.807, 2.05) is 48.1 Å². The summed E-state index contributed by atoms with van der Waals surface area (Å²) < 4.78 is 1.81. The molecule has 0 fully saturated rings. The first kappa shape index (κ1) is 14.5. The summed E-state index contributed by atoms with van der Waals surface area (Å²) in [6.07, 6.45) is 4.30. The molecule has 0 saturated heterocycles. The molecule has 106 valence electrons. The molecule has 0 aliphatic carbocycles. The molecular formula is C16H21N3O. The highest BCUT2D eigenvalue weighted by molar-refractivity contribution is 5.78. The summed E-state index contributed by atoms with van der Waals surface area (Å²) in [4.78, 5) is 11.9. The maximum Gasteiger partial charge on any atom is 0.133 e. The number of hydrogen-bond donors (Lipinski definition) is 1. The van der Waals surface area contributed by atoms with Crippen LogP contribution in [0.25, 0.3) is 0 Å². The summed E-state index contributed by atoms with van der Waals surface area (Å²) >= 11 is 0. The number of aryl methyl sites for hydroxylation is 2. The Kier molecular flexibility index (Phi) is 5.07. The quantitative estimate of drug-likeness (QED) is 0.841. The lowest BCUT2D eigenvalue weighted by Gasteiger charge is -2.11. The van der Waals surface area contributed by atoms with E-state index in [-0.39, 0.29) is 11.8 Å². The molecule has 0 aliphatic heterocycles. The van der Waals surface area contributed by atoms with Crippen molar-refractivity contribution in [1.29, 1.82) is 0 Å². The minimum Gasteiger partial charge on any atom is -0.324 e. The SMILES string of the molecule is Cn1nccc1CCC(=O)CCC(N)c1ccccc1. The minimum atomic E-state index is -0.0585. The zero-order valence-electron chi connectivity index (χ0n) is 11.8. The normalized spacial score (nSPS) is 12.3. The monoisotopic (exact) mass is 271 g/mol. The number of Topliss-reactive ketones (excluding diaryl/α,β-unsaturated/α-hetero) is 1. The van der Waals surface area contributed by atoms with Gasteiger partial charge < -0.3 is 5.73 Å². The highest BCUT2D eigenvalue weighted by Crippen LogP contribution is 2.16. The van der Waals surface area contributed by atoms with Gasteiger partial charge >= 0.3 is 0 Å². The summed E-state index contributed by atoms with van der Waals surface area (Å²) in [6, 6.07) is 11.8. The van der Waals surface area contributed by atoms with Crippen molar-refractivity contribution in [3.8, 4) is 0 Å². The number of nitrogens with two attached hydrogens (primary N) is 1. The van der Waals surface area contributed by atoms with Gasteiger partial charge in [-0.2, -0.15) is 5.10 Å². The highest BCUT2D eigenvalue weighted by Gasteiger charge is 2.10. The first-order valence-corrected chi connectivity index (χ1v) is 6.96. The number of rotatable bonds is 7. The Morgan fingerprint density at radius 1 is 1.25 bits per heavy atom. The first-order chi connectivity index (χ1) is 9.66. The van der Waals surface area contributed by atoms with Gasteiger partial charge in [0.1, 0.15) is 5.78 Å². The van der Waals surface area contributed by atoms with Gasteiger partial charge in [-0.15, -0.1) is 0 Å². The molecule has 0 spiro atoms. The molecule has 1 heterocycles. The van der Waals surface area contributed by atoms with Crippen molar-refractivity contribution in [2.75, 3.05) is 0 Å². The van der Waals surface area contributed by atoms with Gasteiger partial charge in [0.05, 0.1) is 0 Å². The van der Waals surface area contributed by atoms with Crippen molar-refractivity contribution in [2.45, 2.75) is 31.7 Å². The molecule has 1 aromatic heterocycles. The summed E-state index contributed by atoms with van der Waals surface area (Å²) in [7, 11) is 1.89. The number of nitrogens with zero attached hydrogens (tertiary/aromatic N) is 2. The van der Waals surface area contributed by atoms with Crippen LogP contribution in [-0.4, -0.2) is 15.6 Å². The fourth-order valence-corrected chi connectivity index (χ4v) is 2.22. The molecule has 2 aromatic rings. The van der Waals surface area contributed by atoms with Gasteiger partial charge in [-0.1, -0.05) is 30.3 Å². The van der Waals surface area contributed by atoms with Crippen LogP contribution in [-0.2, 0) is 18.3 Å². The summed E-state index contributed by atoms with van der Waals surface area (Å²) in [5.74, 6) is 0.262. The topological polar surface area (TPSA) is 60.9 Å². The third-order valence-electron chi connectivity index (χ3n) is 3.54. The molecule has 4 heteroatoms. The van der Waals surface area contributed by atoms with Gasteiger partial charge in [-0.05, 0) is 24.5 Å². The second-order valence-corrected chi connectivity index (χ2v) is 5.04. The summed E-state index contributed by atoms with van der Waals surface area (Å²) in [5.41, 5.74) is 8.27. The molecule has 0 bridgehead atoms. The van der Waals surface area contributed by atoms with E-state index >= 15 is 0 Å². The standard InChI is InChI=1S/C16H21N3O/c1-19-14(11-12-18-19)7-8-15(20)9-10-16(17)13-5-3-2-4-6-13/h2-6,11-12,16H,7-10,17H2,1H3. The van der Waals surface area contributed by atoms with Crippen molar-refractivity contribution < 1.29 is 4.79 Å². The molecule has 20 heavy (non-hydrogen) atoms. The molecule has 0 radical (unpaired) electrons. The van der Waals surface area contributed by atoms with Crippen molar-refractivity contribution in [2.24, 2.45) is 12.8 Å². The Labute approximate surface area is 119 Å². The van der Waals surface area contributed by atoms with Crippen molar-refractivity contribution in [3.05, 3.63) is 53.9 Å². The van der Waals surface area contributed by atoms with Crippen LogP contribution in [0.4, 0.5) is 0 Å². The van der Waals surface area contributed by atoms with Gasteiger partial charge in [-0.3, -0.25) is 9.48 Å². The molecule has 4 nitrogen and oxygen atoms in total. The number of aromatic nitrogens is 2. The number of ketones is 1.